The highest BCUT2D eigenvalue weighted by atomic mass is 28.3. The molecule has 0 spiro atoms. The van der Waals surface area contributed by atoms with Gasteiger partial charge in [0.25, 0.3) is 0 Å². The summed E-state index contributed by atoms with van der Waals surface area (Å²) in [5.74, 6) is 0. The molecule has 0 fully saturated rings. The van der Waals surface area contributed by atoms with Gasteiger partial charge in [0.1, 0.15) is 8.96 Å². The van der Waals surface area contributed by atoms with E-state index in [1.165, 1.54) is 0 Å². The van der Waals surface area contributed by atoms with Gasteiger partial charge in [0, 0.05) is 0 Å². The predicted molar refractivity (Wildman–Crippen MR) is 26.3 cm³/mol. The zero-order valence-corrected chi connectivity index (χ0v) is 4.52. The van der Waals surface area contributed by atoms with Crippen LogP contribution in [-0.2, 0) is 0 Å². The second-order valence-electron chi connectivity index (χ2n) is 1.02. The van der Waals surface area contributed by atoms with Crippen LogP contribution in [0.4, 0.5) is 0 Å². The first-order valence-electron chi connectivity index (χ1n) is 1.61. The van der Waals surface area contributed by atoms with E-state index in [4.69, 9.17) is 5.40 Å². The molecule has 0 amide bonds. The van der Waals surface area contributed by atoms with Gasteiger partial charge in [-0.15, -0.1) is 6.58 Å². The molecule has 1 atom stereocenters. The Kier molecular flexibility index (Phi) is 2.14. The van der Waals surface area contributed by atoms with Crippen molar-refractivity contribution in [3.8, 4) is 0 Å². The topological polar surface area (TPSA) is 23.8 Å². The van der Waals surface area contributed by atoms with Crippen molar-refractivity contribution < 1.29 is 0 Å². The molecule has 0 aromatic rings. The van der Waals surface area contributed by atoms with E-state index in [-0.39, 0.29) is 0 Å². The Morgan fingerprint density at radius 2 is 2.20 bits per heavy atom. The summed E-state index contributed by atoms with van der Waals surface area (Å²) in [6.07, 6.45) is 0. The first-order chi connectivity index (χ1) is 2.27. The third kappa shape index (κ3) is 3.92. The highest BCUT2D eigenvalue weighted by Crippen LogP contribution is 1.65. The third-order valence-corrected chi connectivity index (χ3v) is 1.06. The summed E-state index contributed by atoms with van der Waals surface area (Å²) in [6.45, 7) is 5.34. The molecular weight excluding hydrogens is 78.1 g/mol. The Morgan fingerprint density at radius 3 is 2.20 bits per heavy atom. The minimum atomic E-state index is -1.14. The molecule has 1 unspecified atom stereocenters. The van der Waals surface area contributed by atoms with Crippen LogP contribution in [0, 0.1) is 0 Å². The van der Waals surface area contributed by atoms with E-state index in [1.54, 1.807) is 5.70 Å². The molecule has 29 valence electrons. The molecule has 0 bridgehead atoms. The molecular formula is C3H8NSi. The summed E-state index contributed by atoms with van der Waals surface area (Å²) < 4.78 is 0. The second kappa shape index (κ2) is 2.17. The monoisotopic (exact) mass is 86.0 g/mol. The highest BCUT2D eigenvalue weighted by Gasteiger charge is 1.79. The maximum absolute atomic E-state index is 6.85. The first-order valence-corrected chi connectivity index (χ1v) is 4.01. The first kappa shape index (κ1) is 4.92. The van der Waals surface area contributed by atoms with E-state index in [0.29, 0.717) is 0 Å². The van der Waals surface area contributed by atoms with Crippen LogP contribution < -0.4 is 5.40 Å². The third-order valence-electron chi connectivity index (χ3n) is 0.354. The van der Waals surface area contributed by atoms with Crippen LogP contribution in [0.2, 0.25) is 6.55 Å². The van der Waals surface area contributed by atoms with Crippen LogP contribution in [0.25, 0.3) is 0 Å². The van der Waals surface area contributed by atoms with Crippen LogP contribution in [0.5, 0.6) is 0 Å². The van der Waals surface area contributed by atoms with E-state index in [1.807, 2.05) is 6.55 Å². The Morgan fingerprint density at radius 1 is 2.00 bits per heavy atom. The number of nitrogens with one attached hydrogen (secondary N) is 1. The van der Waals surface area contributed by atoms with E-state index in [2.05, 4.69) is 6.58 Å². The largest absolute Gasteiger partial charge is 0.284 e. The Labute approximate surface area is 34.2 Å². The zero-order chi connectivity index (χ0) is 4.28. The lowest BCUT2D eigenvalue weighted by Crippen LogP contribution is -2.00. The molecule has 2 heteroatoms. The number of rotatable bonds is 1. The molecule has 0 saturated heterocycles. The van der Waals surface area contributed by atoms with Gasteiger partial charge < -0.3 is 0 Å². The molecule has 0 aromatic heterocycles. The van der Waals surface area contributed by atoms with Gasteiger partial charge in [0.05, 0.1) is 0 Å². The molecule has 5 heavy (non-hydrogen) atoms. The normalized spacial score (nSPS) is 14.0. The minimum Gasteiger partial charge on any atom is -0.284 e. The summed E-state index contributed by atoms with van der Waals surface area (Å²) in [4.78, 5) is 0. The second-order valence-corrected chi connectivity index (χ2v) is 3.07. The van der Waals surface area contributed by atoms with Crippen molar-refractivity contribution in [3.05, 3.63) is 12.3 Å². The van der Waals surface area contributed by atoms with Crippen molar-refractivity contribution in [1.82, 2.24) is 5.40 Å². The highest BCUT2D eigenvalue weighted by molar-refractivity contribution is 6.58. The van der Waals surface area contributed by atoms with Gasteiger partial charge in [-0.25, -0.2) is 0 Å². The van der Waals surface area contributed by atoms with Gasteiger partial charge in [-0.2, -0.15) is 0 Å². The van der Waals surface area contributed by atoms with E-state index in [9.17, 15) is 0 Å². The Hall–Kier alpha value is -0.0831. The molecule has 1 radical (unpaired) electrons. The quantitative estimate of drug-likeness (QED) is 0.411. The summed E-state index contributed by atoms with van der Waals surface area (Å²) >= 11 is 0. The average molecular weight is 86.2 g/mol. The molecule has 0 aromatic carbocycles. The maximum atomic E-state index is 6.85. The van der Waals surface area contributed by atoms with Crippen molar-refractivity contribution in [2.24, 2.45) is 0 Å². The summed E-state index contributed by atoms with van der Waals surface area (Å²) in [5, 5.41) is 6.85. The van der Waals surface area contributed by atoms with Crippen LogP contribution in [-0.4, -0.2) is 8.96 Å². The molecule has 0 rings (SSSR count). The van der Waals surface area contributed by atoms with Crippen molar-refractivity contribution >= 4 is 8.96 Å². The molecule has 0 aliphatic heterocycles. The molecule has 0 aliphatic carbocycles. The van der Waals surface area contributed by atoms with Crippen LogP contribution in [0.3, 0.4) is 0 Å². The molecule has 0 heterocycles. The van der Waals surface area contributed by atoms with Gasteiger partial charge in [-0.3, -0.25) is 5.40 Å². The minimum absolute atomic E-state index is 1.14. The van der Waals surface area contributed by atoms with E-state index < -0.39 is 8.96 Å². The fourth-order valence-corrected chi connectivity index (χ4v) is 0. The van der Waals surface area contributed by atoms with E-state index >= 15 is 0 Å². The van der Waals surface area contributed by atoms with Crippen molar-refractivity contribution in [3.63, 3.8) is 0 Å². The standard InChI is InChI=1S/C3H8NSi/c1-3-5(2)4/h3-5H,1H2,2H3. The number of hydrogen-bond donors (Lipinski definition) is 0. The molecule has 0 saturated carbocycles. The van der Waals surface area contributed by atoms with Gasteiger partial charge in [0.15, 0.2) is 0 Å². The van der Waals surface area contributed by atoms with Crippen LogP contribution >= 0.6 is 0 Å². The lowest BCUT2D eigenvalue weighted by atomic mass is 11.3. The zero-order valence-electron chi connectivity index (χ0n) is 3.36. The van der Waals surface area contributed by atoms with Gasteiger partial charge in [0.2, 0.25) is 0 Å². The van der Waals surface area contributed by atoms with Gasteiger partial charge in [-0.1, -0.05) is 12.2 Å². The Bertz CT molecular complexity index is 33.9. The van der Waals surface area contributed by atoms with Crippen molar-refractivity contribution in [1.29, 1.82) is 0 Å². The Balaban J connectivity index is 2.83. The van der Waals surface area contributed by atoms with E-state index in [0.717, 1.165) is 0 Å². The fourth-order valence-electron chi connectivity index (χ4n) is 0. The summed E-state index contributed by atoms with van der Waals surface area (Å²) in [5.41, 5.74) is 1.72. The van der Waals surface area contributed by atoms with Gasteiger partial charge >= 0.3 is 0 Å². The lowest BCUT2D eigenvalue weighted by Gasteiger charge is -1.80. The number of hydrogen-bond acceptors (Lipinski definition) is 0. The summed E-state index contributed by atoms with van der Waals surface area (Å²) in [7, 11) is -1.14. The summed E-state index contributed by atoms with van der Waals surface area (Å²) in [6, 6.07) is 0. The molecule has 1 nitrogen and oxygen atoms in total. The maximum Gasteiger partial charge on any atom is 0.145 e. The van der Waals surface area contributed by atoms with Crippen molar-refractivity contribution in [2.45, 2.75) is 6.55 Å². The molecule has 0 aliphatic rings. The van der Waals surface area contributed by atoms with Gasteiger partial charge in [-0.05, 0) is 0 Å². The van der Waals surface area contributed by atoms with Crippen molar-refractivity contribution in [2.75, 3.05) is 0 Å². The fraction of sp³-hybridized carbons (Fsp3) is 0.333. The smallest absolute Gasteiger partial charge is 0.145 e. The predicted octanol–water partition coefficient (Wildman–Crippen LogP) is 0.348. The van der Waals surface area contributed by atoms with Crippen LogP contribution in [0.15, 0.2) is 12.3 Å². The molecule has 1 N–H and O–H groups in total. The SMILES string of the molecule is C=C[SiH](C)[NH]. The van der Waals surface area contributed by atoms with Crippen LogP contribution in [0.1, 0.15) is 0 Å². The average Bonchev–Trinajstić information content (AvgIpc) is 1.38. The lowest BCUT2D eigenvalue weighted by molar-refractivity contribution is 1.71.